The van der Waals surface area contributed by atoms with E-state index in [1.54, 1.807) is 23.1 Å². The van der Waals surface area contributed by atoms with Gasteiger partial charge in [0.2, 0.25) is 5.91 Å². The second kappa shape index (κ2) is 7.89. The normalized spacial score (nSPS) is 14.4. The van der Waals surface area contributed by atoms with Crippen molar-refractivity contribution in [1.29, 1.82) is 0 Å². The van der Waals surface area contributed by atoms with Crippen LogP contribution in [0.5, 0.6) is 5.75 Å². The van der Waals surface area contributed by atoms with E-state index in [4.69, 9.17) is 16.3 Å². The Kier molecular flexibility index (Phi) is 5.89. The third kappa shape index (κ3) is 4.53. The lowest BCUT2D eigenvalue weighted by atomic mass is 10.1. The van der Waals surface area contributed by atoms with Gasteiger partial charge in [0.05, 0.1) is 19.3 Å². The number of carbonyl (C=O) groups is 2. The molecule has 1 aliphatic heterocycles. The number of anilines is 1. The monoisotopic (exact) mass is 325 g/mol. The van der Waals surface area contributed by atoms with Crippen LogP contribution in [-0.4, -0.2) is 43.6 Å². The van der Waals surface area contributed by atoms with Crippen LogP contribution in [0.3, 0.4) is 0 Å². The number of likely N-dealkylation sites (tertiary alicyclic amines) is 1. The number of rotatable bonds is 4. The molecule has 0 saturated carbocycles. The van der Waals surface area contributed by atoms with E-state index >= 15 is 0 Å². The van der Waals surface area contributed by atoms with Crippen molar-refractivity contribution in [2.75, 3.05) is 32.1 Å². The molecular weight excluding hydrogens is 306 g/mol. The Morgan fingerprint density at radius 2 is 2.00 bits per heavy atom. The van der Waals surface area contributed by atoms with Gasteiger partial charge >= 0.3 is 6.03 Å². The van der Waals surface area contributed by atoms with Crippen molar-refractivity contribution >= 4 is 29.2 Å². The highest BCUT2D eigenvalue weighted by Crippen LogP contribution is 2.27. The SMILES string of the molecule is COc1ccc(Cl)cc1NC(=O)NCC(=O)N1CCCCC1. The molecule has 6 nitrogen and oxygen atoms in total. The maximum atomic E-state index is 12.0. The van der Waals surface area contributed by atoms with E-state index in [1.165, 1.54) is 7.11 Å². The standard InChI is InChI=1S/C15H20ClN3O3/c1-22-13-6-5-11(16)9-12(13)18-15(21)17-10-14(20)19-7-3-2-4-8-19/h5-6,9H,2-4,7-8,10H2,1H3,(H2,17,18,21). The molecule has 0 spiro atoms. The first-order valence-corrected chi connectivity index (χ1v) is 7.64. The van der Waals surface area contributed by atoms with E-state index in [-0.39, 0.29) is 12.5 Å². The van der Waals surface area contributed by atoms with Crippen molar-refractivity contribution in [2.45, 2.75) is 19.3 Å². The number of hydrogen-bond donors (Lipinski definition) is 2. The van der Waals surface area contributed by atoms with Crippen molar-refractivity contribution in [2.24, 2.45) is 0 Å². The van der Waals surface area contributed by atoms with Crippen molar-refractivity contribution in [1.82, 2.24) is 10.2 Å². The predicted molar refractivity (Wildman–Crippen MR) is 85.5 cm³/mol. The van der Waals surface area contributed by atoms with Gasteiger partial charge in [0, 0.05) is 18.1 Å². The zero-order valence-electron chi connectivity index (χ0n) is 12.5. The molecule has 1 heterocycles. The van der Waals surface area contributed by atoms with Gasteiger partial charge in [-0.1, -0.05) is 11.6 Å². The number of nitrogens with zero attached hydrogens (tertiary/aromatic N) is 1. The number of carbonyl (C=O) groups excluding carboxylic acids is 2. The molecule has 0 atom stereocenters. The summed E-state index contributed by atoms with van der Waals surface area (Å²) < 4.78 is 5.15. The lowest BCUT2D eigenvalue weighted by Crippen LogP contribution is -2.43. The maximum absolute atomic E-state index is 12.0. The van der Waals surface area contributed by atoms with Gasteiger partial charge in [0.1, 0.15) is 5.75 Å². The lowest BCUT2D eigenvalue weighted by Gasteiger charge is -2.26. The molecule has 0 radical (unpaired) electrons. The highest BCUT2D eigenvalue weighted by molar-refractivity contribution is 6.31. The van der Waals surface area contributed by atoms with Crippen molar-refractivity contribution < 1.29 is 14.3 Å². The molecular formula is C15H20ClN3O3. The number of hydrogen-bond acceptors (Lipinski definition) is 3. The summed E-state index contributed by atoms with van der Waals surface area (Å²) in [5, 5.41) is 5.68. The first kappa shape index (κ1) is 16.4. The van der Waals surface area contributed by atoms with Crippen LogP contribution in [0.25, 0.3) is 0 Å². The molecule has 0 unspecified atom stereocenters. The molecule has 120 valence electrons. The molecule has 2 rings (SSSR count). The number of piperidine rings is 1. The number of nitrogens with one attached hydrogen (secondary N) is 2. The third-order valence-electron chi connectivity index (χ3n) is 3.52. The van der Waals surface area contributed by atoms with E-state index in [0.717, 1.165) is 32.4 Å². The fourth-order valence-corrected chi connectivity index (χ4v) is 2.53. The predicted octanol–water partition coefficient (Wildman–Crippen LogP) is 2.48. The van der Waals surface area contributed by atoms with E-state index < -0.39 is 6.03 Å². The third-order valence-corrected chi connectivity index (χ3v) is 3.75. The van der Waals surface area contributed by atoms with Gasteiger partial charge < -0.3 is 20.3 Å². The van der Waals surface area contributed by atoms with Gasteiger partial charge in [-0.15, -0.1) is 0 Å². The number of urea groups is 1. The summed E-state index contributed by atoms with van der Waals surface area (Å²) in [6, 6.07) is 4.46. The molecule has 0 aromatic heterocycles. The topological polar surface area (TPSA) is 70.7 Å². The Labute approximate surface area is 134 Å². The molecule has 1 aliphatic rings. The molecule has 1 saturated heterocycles. The molecule has 1 fully saturated rings. The Morgan fingerprint density at radius 3 is 2.68 bits per heavy atom. The minimum Gasteiger partial charge on any atom is -0.495 e. The van der Waals surface area contributed by atoms with Crippen LogP contribution in [-0.2, 0) is 4.79 Å². The fraction of sp³-hybridized carbons (Fsp3) is 0.467. The second-order valence-electron chi connectivity index (χ2n) is 5.09. The summed E-state index contributed by atoms with van der Waals surface area (Å²) in [6.07, 6.45) is 3.21. The molecule has 2 N–H and O–H groups in total. The van der Waals surface area contributed by atoms with Gasteiger partial charge in [-0.25, -0.2) is 4.79 Å². The quantitative estimate of drug-likeness (QED) is 0.893. The van der Waals surface area contributed by atoms with E-state index in [9.17, 15) is 9.59 Å². The average molecular weight is 326 g/mol. The first-order chi connectivity index (χ1) is 10.6. The molecule has 22 heavy (non-hydrogen) atoms. The Balaban J connectivity index is 1.85. The van der Waals surface area contributed by atoms with Crippen LogP contribution in [0.15, 0.2) is 18.2 Å². The largest absolute Gasteiger partial charge is 0.495 e. The summed E-state index contributed by atoms with van der Waals surface area (Å²) in [4.78, 5) is 25.6. The summed E-state index contributed by atoms with van der Waals surface area (Å²) in [5.74, 6) is 0.440. The van der Waals surface area contributed by atoms with Crippen LogP contribution in [0.1, 0.15) is 19.3 Å². The zero-order chi connectivity index (χ0) is 15.9. The maximum Gasteiger partial charge on any atom is 0.319 e. The first-order valence-electron chi connectivity index (χ1n) is 7.26. The number of benzene rings is 1. The highest BCUT2D eigenvalue weighted by atomic mass is 35.5. The Bertz CT molecular complexity index is 545. The van der Waals surface area contributed by atoms with Crippen molar-refractivity contribution in [3.05, 3.63) is 23.2 Å². The summed E-state index contributed by atoms with van der Waals surface area (Å²) >= 11 is 5.90. The van der Waals surface area contributed by atoms with E-state index in [0.29, 0.717) is 16.5 Å². The molecule has 0 aliphatic carbocycles. The molecule has 0 bridgehead atoms. The molecule has 3 amide bonds. The number of halogens is 1. The van der Waals surface area contributed by atoms with Gasteiger partial charge in [0.25, 0.3) is 0 Å². The van der Waals surface area contributed by atoms with E-state index in [2.05, 4.69) is 10.6 Å². The van der Waals surface area contributed by atoms with Crippen LogP contribution >= 0.6 is 11.6 Å². The minimum atomic E-state index is -0.467. The Hall–Kier alpha value is -1.95. The zero-order valence-corrected chi connectivity index (χ0v) is 13.3. The summed E-state index contributed by atoms with van der Waals surface area (Å²) in [6.45, 7) is 1.52. The molecule has 1 aromatic carbocycles. The molecule has 1 aromatic rings. The number of amides is 3. The van der Waals surface area contributed by atoms with Crippen molar-refractivity contribution in [3.63, 3.8) is 0 Å². The van der Waals surface area contributed by atoms with Crippen LogP contribution in [0.4, 0.5) is 10.5 Å². The van der Waals surface area contributed by atoms with Crippen LogP contribution in [0.2, 0.25) is 5.02 Å². The summed E-state index contributed by atoms with van der Waals surface area (Å²) in [5.41, 5.74) is 0.456. The van der Waals surface area contributed by atoms with E-state index in [1.807, 2.05) is 0 Å². The molecule has 7 heteroatoms. The van der Waals surface area contributed by atoms with Crippen LogP contribution < -0.4 is 15.4 Å². The Morgan fingerprint density at radius 1 is 1.27 bits per heavy atom. The van der Waals surface area contributed by atoms with Crippen LogP contribution in [0, 0.1) is 0 Å². The summed E-state index contributed by atoms with van der Waals surface area (Å²) in [7, 11) is 1.51. The number of ether oxygens (including phenoxy) is 1. The second-order valence-corrected chi connectivity index (χ2v) is 5.53. The van der Waals surface area contributed by atoms with Gasteiger partial charge in [0.15, 0.2) is 0 Å². The van der Waals surface area contributed by atoms with Gasteiger partial charge in [-0.2, -0.15) is 0 Å². The minimum absolute atomic E-state index is 0.0191. The van der Waals surface area contributed by atoms with Gasteiger partial charge in [-0.3, -0.25) is 4.79 Å². The van der Waals surface area contributed by atoms with Crippen molar-refractivity contribution in [3.8, 4) is 5.75 Å². The van der Waals surface area contributed by atoms with Gasteiger partial charge in [-0.05, 0) is 37.5 Å². The smallest absolute Gasteiger partial charge is 0.319 e. The highest BCUT2D eigenvalue weighted by Gasteiger charge is 2.17. The number of methoxy groups -OCH3 is 1. The average Bonchev–Trinajstić information content (AvgIpc) is 2.53. The fourth-order valence-electron chi connectivity index (χ4n) is 2.36. The lowest BCUT2D eigenvalue weighted by molar-refractivity contribution is -0.130.